The van der Waals surface area contributed by atoms with Crippen molar-refractivity contribution in [3.05, 3.63) is 106 Å². The number of anilines is 2. The van der Waals surface area contributed by atoms with Gasteiger partial charge in [-0.15, -0.1) is 0 Å². The predicted molar refractivity (Wildman–Crippen MR) is 180 cm³/mol. The topological polar surface area (TPSA) is 153 Å². The molecule has 0 saturated heterocycles. The van der Waals surface area contributed by atoms with Crippen LogP contribution in [0.15, 0.2) is 66.7 Å². The van der Waals surface area contributed by atoms with Gasteiger partial charge in [0.2, 0.25) is 17.7 Å². The van der Waals surface area contributed by atoms with Crippen LogP contribution in [0.5, 0.6) is 11.6 Å². The van der Waals surface area contributed by atoms with E-state index in [1.54, 1.807) is 62.1 Å². The number of nitriles is 2. The van der Waals surface area contributed by atoms with Crippen molar-refractivity contribution in [1.29, 1.82) is 10.5 Å². The van der Waals surface area contributed by atoms with Crippen molar-refractivity contribution in [3.63, 3.8) is 0 Å². The maximum atomic E-state index is 14.1. The molecule has 1 aliphatic rings. The summed E-state index contributed by atoms with van der Waals surface area (Å²) in [5.41, 5.74) is 4.76. The number of amides is 2. The largest absolute Gasteiger partial charge is 0.444 e. The summed E-state index contributed by atoms with van der Waals surface area (Å²) in [6.45, 7) is 9.53. The monoisotopic (exact) mass is 643 g/mol. The third-order valence-electron chi connectivity index (χ3n) is 7.66. The SMILES string of the molecule is Cc1cc(C#N)cc(C)c1Oc1nc(Nc2ccc(C#N)cc2)nc2c1CN(C(=O)[C@H](Cc1ccccc1)NC(=O)OC(C)(C)C)CC2. The first-order valence-electron chi connectivity index (χ1n) is 15.6. The molecule has 0 unspecified atom stereocenters. The lowest BCUT2D eigenvalue weighted by atomic mass is 10.0. The maximum Gasteiger partial charge on any atom is 0.408 e. The van der Waals surface area contributed by atoms with E-state index in [1.165, 1.54) is 0 Å². The van der Waals surface area contributed by atoms with Crippen LogP contribution < -0.4 is 15.4 Å². The normalized spacial score (nSPS) is 12.9. The highest BCUT2D eigenvalue weighted by atomic mass is 16.6. The van der Waals surface area contributed by atoms with Gasteiger partial charge in [0.1, 0.15) is 17.4 Å². The summed E-state index contributed by atoms with van der Waals surface area (Å²) in [6, 6.07) is 23.3. The van der Waals surface area contributed by atoms with E-state index in [0.717, 1.165) is 16.7 Å². The number of alkyl carbamates (subject to hydrolysis) is 1. The molecule has 0 bridgehead atoms. The van der Waals surface area contributed by atoms with Crippen molar-refractivity contribution >= 4 is 23.6 Å². The molecule has 2 heterocycles. The molecule has 2 amide bonds. The minimum Gasteiger partial charge on any atom is -0.444 e. The van der Waals surface area contributed by atoms with E-state index in [1.807, 2.05) is 44.2 Å². The van der Waals surface area contributed by atoms with Crippen LogP contribution in [0.25, 0.3) is 0 Å². The van der Waals surface area contributed by atoms with E-state index in [-0.39, 0.29) is 24.8 Å². The molecule has 244 valence electrons. The summed E-state index contributed by atoms with van der Waals surface area (Å²) >= 11 is 0. The van der Waals surface area contributed by atoms with Gasteiger partial charge in [0.25, 0.3) is 0 Å². The Hall–Kier alpha value is -5.94. The van der Waals surface area contributed by atoms with Crippen molar-refractivity contribution < 1.29 is 19.1 Å². The Morgan fingerprint density at radius 1 is 0.958 bits per heavy atom. The molecular formula is C37H37N7O4. The van der Waals surface area contributed by atoms with Crippen molar-refractivity contribution in [2.24, 2.45) is 0 Å². The van der Waals surface area contributed by atoms with E-state index in [0.29, 0.717) is 52.7 Å². The number of aryl methyl sites for hydroxylation is 2. The lowest BCUT2D eigenvalue weighted by Gasteiger charge is -2.33. The summed E-state index contributed by atoms with van der Waals surface area (Å²) in [5.74, 6) is 0.845. The minimum absolute atomic E-state index is 0.149. The van der Waals surface area contributed by atoms with E-state index in [9.17, 15) is 20.1 Å². The number of benzene rings is 3. The second-order valence-electron chi connectivity index (χ2n) is 12.6. The summed E-state index contributed by atoms with van der Waals surface area (Å²) in [4.78, 5) is 38.2. The molecule has 1 atom stereocenters. The van der Waals surface area contributed by atoms with Crippen LogP contribution in [-0.4, -0.2) is 45.1 Å². The molecule has 0 radical (unpaired) electrons. The van der Waals surface area contributed by atoms with Gasteiger partial charge < -0.3 is 25.0 Å². The summed E-state index contributed by atoms with van der Waals surface area (Å²) < 4.78 is 12.0. The van der Waals surface area contributed by atoms with Crippen LogP contribution in [0.1, 0.15) is 59.8 Å². The zero-order valence-electron chi connectivity index (χ0n) is 27.6. The minimum atomic E-state index is -0.880. The van der Waals surface area contributed by atoms with E-state index in [4.69, 9.17) is 19.4 Å². The van der Waals surface area contributed by atoms with Crippen LogP contribution in [0.3, 0.4) is 0 Å². The van der Waals surface area contributed by atoms with Gasteiger partial charge >= 0.3 is 6.09 Å². The van der Waals surface area contributed by atoms with Crippen molar-refractivity contribution in [2.45, 2.75) is 65.6 Å². The Balaban J connectivity index is 1.48. The predicted octanol–water partition coefficient (Wildman–Crippen LogP) is 6.39. The highest BCUT2D eigenvalue weighted by Crippen LogP contribution is 2.35. The van der Waals surface area contributed by atoms with E-state index < -0.39 is 17.7 Å². The second-order valence-corrected chi connectivity index (χ2v) is 12.6. The molecule has 4 aromatic rings. The van der Waals surface area contributed by atoms with Gasteiger partial charge in [0.05, 0.1) is 41.1 Å². The molecule has 0 saturated carbocycles. The third-order valence-corrected chi connectivity index (χ3v) is 7.66. The Morgan fingerprint density at radius 3 is 2.25 bits per heavy atom. The Bertz CT molecular complexity index is 1880. The highest BCUT2D eigenvalue weighted by molar-refractivity contribution is 5.86. The van der Waals surface area contributed by atoms with Crippen LogP contribution >= 0.6 is 0 Å². The first-order valence-corrected chi connectivity index (χ1v) is 15.6. The summed E-state index contributed by atoms with van der Waals surface area (Å²) in [7, 11) is 0. The third kappa shape index (κ3) is 8.25. The van der Waals surface area contributed by atoms with E-state index in [2.05, 4.69) is 22.8 Å². The van der Waals surface area contributed by atoms with Crippen molar-refractivity contribution in [2.75, 3.05) is 11.9 Å². The lowest BCUT2D eigenvalue weighted by Crippen LogP contribution is -2.51. The Kier molecular flexibility index (Phi) is 9.91. The fraction of sp³-hybridized carbons (Fsp3) is 0.297. The molecule has 1 aliphatic heterocycles. The number of nitrogens with zero attached hydrogens (tertiary/aromatic N) is 5. The summed E-state index contributed by atoms with van der Waals surface area (Å²) in [5, 5.41) is 24.6. The molecule has 3 aromatic carbocycles. The van der Waals surface area contributed by atoms with Crippen LogP contribution in [0.2, 0.25) is 0 Å². The smallest absolute Gasteiger partial charge is 0.408 e. The van der Waals surface area contributed by atoms with Gasteiger partial charge in [-0.1, -0.05) is 30.3 Å². The number of nitrogens with one attached hydrogen (secondary N) is 2. The number of carbonyl (C=O) groups is 2. The Morgan fingerprint density at radius 2 is 1.62 bits per heavy atom. The fourth-order valence-electron chi connectivity index (χ4n) is 5.46. The van der Waals surface area contributed by atoms with Gasteiger partial charge in [-0.05, 0) is 87.7 Å². The van der Waals surface area contributed by atoms with Gasteiger partial charge in [-0.3, -0.25) is 4.79 Å². The fourth-order valence-corrected chi connectivity index (χ4v) is 5.46. The van der Waals surface area contributed by atoms with Gasteiger partial charge in [0.15, 0.2) is 0 Å². The molecule has 48 heavy (non-hydrogen) atoms. The number of rotatable bonds is 8. The first-order chi connectivity index (χ1) is 22.9. The first kappa shape index (κ1) is 33.4. The van der Waals surface area contributed by atoms with Crippen molar-refractivity contribution in [1.82, 2.24) is 20.2 Å². The van der Waals surface area contributed by atoms with Crippen molar-refractivity contribution in [3.8, 4) is 23.8 Å². The highest BCUT2D eigenvalue weighted by Gasteiger charge is 2.33. The quantitative estimate of drug-likeness (QED) is 0.222. The molecule has 0 spiro atoms. The van der Waals surface area contributed by atoms with E-state index >= 15 is 0 Å². The molecule has 1 aromatic heterocycles. The molecule has 5 rings (SSSR count). The molecule has 0 aliphatic carbocycles. The number of ether oxygens (including phenoxy) is 2. The number of aromatic nitrogens is 2. The standard InChI is InChI=1S/C37H37N7O4/c1-23-17-27(21-39)18-24(2)32(23)47-33-29-22-44(16-15-30(29)41-35(43-33)40-28-13-11-26(20-38)12-14-28)34(45)31(19-25-9-7-6-8-10-25)42-36(46)48-37(3,4)5/h6-14,17-18,31H,15-16,19,22H2,1-5H3,(H,42,46)(H,40,41,43)/t31-/m0/s1. The van der Waals surface area contributed by atoms with Crippen LogP contribution in [-0.2, 0) is 28.9 Å². The van der Waals surface area contributed by atoms with Gasteiger partial charge in [-0.2, -0.15) is 15.5 Å². The zero-order valence-corrected chi connectivity index (χ0v) is 27.6. The number of carbonyl (C=O) groups excluding carboxylic acids is 2. The van der Waals surface area contributed by atoms with Gasteiger partial charge in [0, 0.05) is 25.1 Å². The second kappa shape index (κ2) is 14.2. The number of hydrogen-bond donors (Lipinski definition) is 2. The maximum absolute atomic E-state index is 14.1. The summed E-state index contributed by atoms with van der Waals surface area (Å²) in [6.07, 6.45) is 0.0173. The molecule has 11 nitrogen and oxygen atoms in total. The lowest BCUT2D eigenvalue weighted by molar-refractivity contribution is -0.134. The number of fused-ring (bicyclic) bond motifs is 1. The van der Waals surface area contributed by atoms with Gasteiger partial charge in [-0.25, -0.2) is 9.78 Å². The van der Waals surface area contributed by atoms with Crippen LogP contribution in [0.4, 0.5) is 16.4 Å². The average Bonchev–Trinajstić information content (AvgIpc) is 3.05. The average molecular weight is 644 g/mol. The molecule has 0 fully saturated rings. The Labute approximate surface area is 280 Å². The molecule has 2 N–H and O–H groups in total. The molecule has 11 heteroatoms. The molecular weight excluding hydrogens is 606 g/mol. The van der Waals surface area contributed by atoms with Crippen LogP contribution in [0, 0.1) is 36.5 Å². The zero-order chi connectivity index (χ0) is 34.4. The number of hydrogen-bond acceptors (Lipinski definition) is 9.